The number of carbonyl (C=O) groups excluding carboxylic acids is 3. The average Bonchev–Trinajstić information content (AvgIpc) is 3.60. The number of methoxy groups -OCH3 is 2. The Morgan fingerprint density at radius 1 is 0.929 bits per heavy atom. The molecule has 0 saturated heterocycles. The van der Waals surface area contributed by atoms with Crippen LogP contribution in [0.5, 0.6) is 17.2 Å². The summed E-state index contributed by atoms with van der Waals surface area (Å²) in [4.78, 5) is 43.4. The van der Waals surface area contributed by atoms with Crippen LogP contribution in [0, 0.1) is 0 Å². The van der Waals surface area contributed by atoms with Gasteiger partial charge in [0.05, 0.1) is 14.2 Å². The zero-order chi connectivity index (χ0) is 41.5. The molecule has 0 radical (unpaired) electrons. The van der Waals surface area contributed by atoms with Gasteiger partial charge in [0.25, 0.3) is 5.91 Å². The Balaban J connectivity index is 1.78. The first kappa shape index (κ1) is 43.4. The van der Waals surface area contributed by atoms with Crippen LogP contribution < -0.4 is 19.5 Å². The van der Waals surface area contributed by atoms with Crippen molar-refractivity contribution in [3.05, 3.63) is 89.5 Å². The fourth-order valence-electron chi connectivity index (χ4n) is 5.26. The number of hydrogen-bond acceptors (Lipinski definition) is 13. The molecular formula is C38H43F3N2O12S. The number of alkyl halides is 3. The third-order valence-corrected chi connectivity index (χ3v) is 9.28. The van der Waals surface area contributed by atoms with E-state index in [4.69, 9.17) is 28.4 Å². The third kappa shape index (κ3) is 10.9. The van der Waals surface area contributed by atoms with Crippen LogP contribution in [0.25, 0.3) is 0 Å². The number of benzene rings is 3. The molecule has 3 aromatic rings. The Bertz CT molecular complexity index is 2000. The number of halogens is 3. The topological polar surface area (TPSA) is 174 Å². The van der Waals surface area contributed by atoms with Gasteiger partial charge in [-0.1, -0.05) is 43.3 Å². The summed E-state index contributed by atoms with van der Waals surface area (Å²) in [6.07, 6.45) is -3.99. The summed E-state index contributed by atoms with van der Waals surface area (Å²) in [6, 6.07) is 18.7. The Morgan fingerprint density at radius 2 is 1.59 bits per heavy atom. The number of nitrogens with one attached hydrogen (secondary N) is 1. The van der Waals surface area contributed by atoms with E-state index in [-0.39, 0.29) is 36.0 Å². The normalized spacial score (nSPS) is 17.4. The maximum absolute atomic E-state index is 13.7. The van der Waals surface area contributed by atoms with E-state index in [2.05, 4.69) is 14.5 Å². The highest BCUT2D eigenvalue weighted by atomic mass is 32.2. The van der Waals surface area contributed by atoms with Gasteiger partial charge in [-0.25, -0.2) is 14.0 Å². The minimum atomic E-state index is -6.41. The molecule has 1 aliphatic rings. The molecule has 1 amide bonds. The van der Waals surface area contributed by atoms with E-state index in [0.29, 0.717) is 11.3 Å². The molecule has 56 heavy (non-hydrogen) atoms. The van der Waals surface area contributed by atoms with Crippen LogP contribution in [0.4, 0.5) is 13.2 Å². The van der Waals surface area contributed by atoms with Gasteiger partial charge in [0.1, 0.15) is 30.1 Å². The lowest BCUT2D eigenvalue weighted by Crippen LogP contribution is -2.56. The Hall–Kier alpha value is -5.36. The second-order valence-electron chi connectivity index (χ2n) is 13.6. The Kier molecular flexibility index (Phi) is 13.6. The molecule has 1 heterocycles. The molecule has 0 saturated carbocycles. The van der Waals surface area contributed by atoms with E-state index in [1.165, 1.54) is 33.3 Å². The minimum absolute atomic E-state index is 0.00720. The van der Waals surface area contributed by atoms with Crippen LogP contribution >= 0.6 is 0 Å². The molecule has 0 unspecified atom stereocenters. The predicted octanol–water partition coefficient (Wildman–Crippen LogP) is 5.57. The first-order chi connectivity index (χ1) is 26.2. The number of nitrogens with zero attached hydrogens (tertiary/aromatic N) is 1. The van der Waals surface area contributed by atoms with Gasteiger partial charge in [-0.3, -0.25) is 9.59 Å². The molecule has 3 aromatic carbocycles. The summed E-state index contributed by atoms with van der Waals surface area (Å²) < 4.78 is 104. The van der Waals surface area contributed by atoms with Crippen LogP contribution in [-0.2, 0) is 49.5 Å². The van der Waals surface area contributed by atoms with Crippen molar-refractivity contribution in [2.75, 3.05) is 20.8 Å². The number of amides is 1. The summed E-state index contributed by atoms with van der Waals surface area (Å²) in [6.45, 7) is 6.36. The second-order valence-corrected chi connectivity index (χ2v) is 15.2. The average molecular weight is 809 g/mol. The van der Waals surface area contributed by atoms with Crippen LogP contribution in [0.2, 0.25) is 0 Å². The molecule has 0 fully saturated rings. The van der Waals surface area contributed by atoms with Crippen molar-refractivity contribution in [3.63, 3.8) is 0 Å². The number of hydrogen-bond donors (Lipinski definition) is 1. The Morgan fingerprint density at radius 3 is 2.16 bits per heavy atom. The predicted molar refractivity (Wildman–Crippen MR) is 194 cm³/mol. The van der Waals surface area contributed by atoms with E-state index >= 15 is 0 Å². The molecule has 0 aliphatic carbocycles. The number of rotatable bonds is 16. The largest absolute Gasteiger partial charge is 0.523 e. The van der Waals surface area contributed by atoms with Crippen molar-refractivity contribution < 1.29 is 68.6 Å². The molecule has 0 spiro atoms. The number of carbonyl (C=O) groups is 3. The second kappa shape index (κ2) is 17.6. The van der Waals surface area contributed by atoms with Crippen molar-refractivity contribution in [1.29, 1.82) is 0 Å². The third-order valence-electron chi connectivity index (χ3n) is 8.27. The van der Waals surface area contributed by atoms with Crippen molar-refractivity contribution >= 4 is 33.9 Å². The van der Waals surface area contributed by atoms with Crippen molar-refractivity contribution in [1.82, 2.24) is 5.32 Å². The molecule has 18 heteroatoms. The number of aliphatic imine (C=N–C) groups is 1. The maximum atomic E-state index is 13.7. The highest BCUT2D eigenvalue weighted by Gasteiger charge is 2.54. The van der Waals surface area contributed by atoms with Gasteiger partial charge in [-0.2, -0.15) is 21.6 Å². The van der Waals surface area contributed by atoms with Gasteiger partial charge < -0.3 is 33.7 Å². The van der Waals surface area contributed by atoms with Crippen LogP contribution in [0.1, 0.15) is 63.8 Å². The fourth-order valence-corrected chi connectivity index (χ4v) is 5.92. The van der Waals surface area contributed by atoms with Gasteiger partial charge in [0, 0.05) is 5.56 Å². The smallest absolute Gasteiger partial charge is 0.497 e. The Labute approximate surface area is 322 Å². The van der Waals surface area contributed by atoms with Gasteiger partial charge in [-0.05, 0) is 81.6 Å². The lowest BCUT2D eigenvalue weighted by Gasteiger charge is -2.36. The lowest BCUT2D eigenvalue weighted by atomic mass is 9.94. The van der Waals surface area contributed by atoms with Gasteiger partial charge in [0.15, 0.2) is 29.7 Å². The van der Waals surface area contributed by atoms with Gasteiger partial charge in [-0.15, -0.1) is 0 Å². The number of ether oxygens (including phenoxy) is 6. The summed E-state index contributed by atoms with van der Waals surface area (Å²) in [7, 11) is -3.74. The summed E-state index contributed by atoms with van der Waals surface area (Å²) in [5.74, 6) is -2.69. The first-order valence-corrected chi connectivity index (χ1v) is 18.6. The zero-order valence-electron chi connectivity index (χ0n) is 31.7. The van der Waals surface area contributed by atoms with Gasteiger partial charge >= 0.3 is 27.6 Å². The quantitative estimate of drug-likeness (QED) is 0.108. The molecule has 4 atom stereocenters. The molecule has 0 bridgehead atoms. The molecule has 4 rings (SSSR count). The minimum Gasteiger partial charge on any atom is -0.497 e. The lowest BCUT2D eigenvalue weighted by molar-refractivity contribution is -0.156. The van der Waals surface area contributed by atoms with E-state index < -0.39 is 69.5 Å². The molecule has 1 aliphatic heterocycles. The van der Waals surface area contributed by atoms with Gasteiger partial charge in [0.2, 0.25) is 5.90 Å². The van der Waals surface area contributed by atoms with Crippen LogP contribution in [0.3, 0.4) is 0 Å². The van der Waals surface area contributed by atoms with Crippen LogP contribution in [0.15, 0.2) is 77.8 Å². The maximum Gasteiger partial charge on any atom is 0.523 e. The molecule has 14 nitrogen and oxygen atoms in total. The van der Waals surface area contributed by atoms with E-state index in [9.17, 15) is 36.0 Å². The first-order valence-electron chi connectivity index (χ1n) is 17.2. The monoisotopic (exact) mass is 808 g/mol. The zero-order valence-corrected chi connectivity index (χ0v) is 32.5. The molecule has 0 aromatic heterocycles. The summed E-state index contributed by atoms with van der Waals surface area (Å²) in [5.41, 5.74) is -7.63. The van der Waals surface area contributed by atoms with E-state index in [1.54, 1.807) is 81.4 Å². The van der Waals surface area contributed by atoms with Crippen LogP contribution in [-0.4, -0.2) is 81.8 Å². The summed E-state index contributed by atoms with van der Waals surface area (Å²) >= 11 is 0. The summed E-state index contributed by atoms with van der Waals surface area (Å²) in [5, 5.41) is 2.10. The number of esters is 2. The molecule has 304 valence electrons. The van der Waals surface area contributed by atoms with Crippen molar-refractivity contribution in [3.8, 4) is 17.2 Å². The molecular weight excluding hydrogens is 765 g/mol. The standard InChI is InChI=1S/C38H43F3N2O12S/c1-8-37(5,32(55-56(47,48)38(39,40)41)33(45)42-21-29(44)54-36(2,3)4)53-28-20-25(16-19-27(28)51-22-23-12-10-9-11-13-23)31-30(35(46)50-7)43-34(52-31)24-14-17-26(49-6)18-15-24/h9-20,30-32H,8,21-22H2,1-7H3,(H,42,45)/t30-,31+,32-,37-/m0/s1. The van der Waals surface area contributed by atoms with E-state index in [1.807, 2.05) is 0 Å². The van der Waals surface area contributed by atoms with Crippen molar-refractivity contribution in [2.24, 2.45) is 4.99 Å². The highest BCUT2D eigenvalue weighted by Crippen LogP contribution is 2.41. The van der Waals surface area contributed by atoms with Crippen molar-refractivity contribution in [2.45, 2.75) is 82.6 Å². The highest BCUT2D eigenvalue weighted by molar-refractivity contribution is 7.87. The fraction of sp³-hybridized carbons (Fsp3) is 0.421. The van der Waals surface area contributed by atoms with E-state index in [0.717, 1.165) is 12.5 Å². The molecule has 1 N–H and O–H groups in total. The SMILES string of the molecule is CC[C@](C)(Oc1cc([C@H]2OC(c3ccc(OC)cc3)=N[C@@H]2C(=O)OC)ccc1OCc1ccccc1)[C@@H](OS(=O)(=O)C(F)(F)F)C(=O)NCC(=O)OC(C)(C)C.